The summed E-state index contributed by atoms with van der Waals surface area (Å²) in [6.07, 6.45) is 1.07. The van der Waals surface area contributed by atoms with Crippen LogP contribution in [0.1, 0.15) is 20.3 Å². The first-order valence-electron chi connectivity index (χ1n) is 5.58. The van der Waals surface area contributed by atoms with E-state index in [2.05, 4.69) is 34.7 Å². The first-order valence-corrected chi connectivity index (χ1v) is 6.37. The highest BCUT2D eigenvalue weighted by Gasteiger charge is 2.32. The Hall–Kier alpha value is -1.10. The fourth-order valence-corrected chi connectivity index (χ4v) is 2.57. The Balaban J connectivity index is 2.38. The minimum atomic E-state index is -0.312. The van der Waals surface area contributed by atoms with Crippen molar-refractivity contribution in [2.45, 2.75) is 20.3 Å². The molecule has 1 fully saturated rings. The molecule has 1 aliphatic heterocycles. The van der Waals surface area contributed by atoms with Crippen LogP contribution in [0.5, 0.6) is 0 Å². The van der Waals surface area contributed by atoms with E-state index in [1.165, 1.54) is 0 Å². The number of anilines is 1. The third-order valence-electron chi connectivity index (χ3n) is 3.15. The van der Waals surface area contributed by atoms with Gasteiger partial charge in [-0.05, 0) is 24.0 Å². The van der Waals surface area contributed by atoms with E-state index in [0.717, 1.165) is 29.7 Å². The summed E-state index contributed by atoms with van der Waals surface area (Å²) >= 11 is 3.37. The van der Waals surface area contributed by atoms with E-state index in [1.807, 2.05) is 6.07 Å². The standard InChI is InChI=1S/C12H15BrN2O2/c1-12(2)5-6-14(8-12)11-7-9(13)3-4-10(11)15(16)17/h3-4,7H,5-6,8H2,1-2H3. The molecule has 17 heavy (non-hydrogen) atoms. The quantitative estimate of drug-likeness (QED) is 0.619. The van der Waals surface area contributed by atoms with Gasteiger partial charge in [-0.15, -0.1) is 0 Å². The van der Waals surface area contributed by atoms with Crippen LogP contribution in [0.4, 0.5) is 11.4 Å². The zero-order chi connectivity index (χ0) is 12.6. The summed E-state index contributed by atoms with van der Waals surface area (Å²) in [5.41, 5.74) is 1.14. The maximum absolute atomic E-state index is 11.0. The summed E-state index contributed by atoms with van der Waals surface area (Å²) in [6, 6.07) is 5.10. The number of nitrogens with zero attached hydrogens (tertiary/aromatic N) is 2. The van der Waals surface area contributed by atoms with Crippen LogP contribution in [0.25, 0.3) is 0 Å². The van der Waals surface area contributed by atoms with Gasteiger partial charge in [0.25, 0.3) is 5.69 Å². The van der Waals surface area contributed by atoms with Gasteiger partial charge in [-0.3, -0.25) is 10.1 Å². The Kier molecular flexibility index (Phi) is 3.12. The van der Waals surface area contributed by atoms with E-state index in [9.17, 15) is 10.1 Å². The van der Waals surface area contributed by atoms with Crippen molar-refractivity contribution in [2.24, 2.45) is 5.41 Å². The third kappa shape index (κ3) is 2.60. The van der Waals surface area contributed by atoms with Crippen molar-refractivity contribution in [1.82, 2.24) is 0 Å². The molecule has 1 heterocycles. The number of hydrogen-bond acceptors (Lipinski definition) is 3. The average Bonchev–Trinajstić information content (AvgIpc) is 2.58. The molecule has 0 spiro atoms. The first kappa shape index (κ1) is 12.4. The normalized spacial score (nSPS) is 18.4. The molecule has 0 aromatic heterocycles. The Morgan fingerprint density at radius 1 is 1.47 bits per heavy atom. The van der Waals surface area contributed by atoms with Crippen molar-refractivity contribution in [3.05, 3.63) is 32.8 Å². The van der Waals surface area contributed by atoms with Gasteiger partial charge >= 0.3 is 0 Å². The molecular weight excluding hydrogens is 284 g/mol. The Morgan fingerprint density at radius 2 is 2.18 bits per heavy atom. The summed E-state index contributed by atoms with van der Waals surface area (Å²) in [5, 5.41) is 11.0. The highest BCUT2D eigenvalue weighted by atomic mass is 79.9. The molecule has 5 heteroatoms. The van der Waals surface area contributed by atoms with Gasteiger partial charge in [0.2, 0.25) is 0 Å². The second kappa shape index (κ2) is 4.29. The molecule has 0 bridgehead atoms. The van der Waals surface area contributed by atoms with Gasteiger partial charge in [0.15, 0.2) is 0 Å². The van der Waals surface area contributed by atoms with Crippen LogP contribution in [0.2, 0.25) is 0 Å². The lowest BCUT2D eigenvalue weighted by molar-refractivity contribution is -0.384. The van der Waals surface area contributed by atoms with Crippen molar-refractivity contribution >= 4 is 27.3 Å². The summed E-state index contributed by atoms with van der Waals surface area (Å²) in [5.74, 6) is 0. The van der Waals surface area contributed by atoms with E-state index in [-0.39, 0.29) is 16.0 Å². The van der Waals surface area contributed by atoms with Crippen molar-refractivity contribution in [1.29, 1.82) is 0 Å². The van der Waals surface area contributed by atoms with Crippen molar-refractivity contribution in [3.8, 4) is 0 Å². The fraction of sp³-hybridized carbons (Fsp3) is 0.500. The molecular formula is C12H15BrN2O2. The Labute approximate surface area is 109 Å². The molecule has 1 aromatic carbocycles. The van der Waals surface area contributed by atoms with Gasteiger partial charge in [0.1, 0.15) is 5.69 Å². The molecule has 92 valence electrons. The SMILES string of the molecule is CC1(C)CCN(c2cc(Br)ccc2[N+](=O)[O-])C1. The predicted molar refractivity (Wildman–Crippen MR) is 71.4 cm³/mol. The molecule has 0 N–H and O–H groups in total. The van der Waals surface area contributed by atoms with Crippen LogP contribution in [0.15, 0.2) is 22.7 Å². The van der Waals surface area contributed by atoms with Crippen LogP contribution in [-0.4, -0.2) is 18.0 Å². The van der Waals surface area contributed by atoms with Crippen LogP contribution >= 0.6 is 15.9 Å². The van der Waals surface area contributed by atoms with Gasteiger partial charge in [0, 0.05) is 23.6 Å². The second-order valence-corrected chi connectivity index (χ2v) is 6.14. The van der Waals surface area contributed by atoms with Gasteiger partial charge in [-0.2, -0.15) is 0 Å². The van der Waals surface area contributed by atoms with Crippen LogP contribution in [0, 0.1) is 15.5 Å². The lowest BCUT2D eigenvalue weighted by Gasteiger charge is -2.21. The molecule has 0 aliphatic carbocycles. The number of rotatable bonds is 2. The largest absolute Gasteiger partial charge is 0.365 e. The second-order valence-electron chi connectivity index (χ2n) is 5.23. The molecule has 0 atom stereocenters. The van der Waals surface area contributed by atoms with Crippen molar-refractivity contribution < 1.29 is 4.92 Å². The summed E-state index contributed by atoms with van der Waals surface area (Å²) in [6.45, 7) is 6.13. The Bertz CT molecular complexity index is 460. The first-order chi connectivity index (χ1) is 7.89. The molecule has 0 saturated carbocycles. The molecule has 1 aromatic rings. The van der Waals surface area contributed by atoms with Gasteiger partial charge in [-0.1, -0.05) is 29.8 Å². The molecule has 0 unspecified atom stereocenters. The lowest BCUT2D eigenvalue weighted by Crippen LogP contribution is -2.23. The van der Waals surface area contributed by atoms with Crippen molar-refractivity contribution in [2.75, 3.05) is 18.0 Å². The molecule has 4 nitrogen and oxygen atoms in total. The minimum absolute atomic E-state index is 0.186. The van der Waals surface area contributed by atoms with E-state index < -0.39 is 0 Å². The van der Waals surface area contributed by atoms with Crippen LogP contribution < -0.4 is 4.90 Å². The van der Waals surface area contributed by atoms with Crippen molar-refractivity contribution in [3.63, 3.8) is 0 Å². The van der Waals surface area contributed by atoms with Crippen LogP contribution in [-0.2, 0) is 0 Å². The summed E-state index contributed by atoms with van der Waals surface area (Å²) < 4.78 is 0.878. The monoisotopic (exact) mass is 298 g/mol. The van der Waals surface area contributed by atoms with E-state index in [0.29, 0.717) is 0 Å². The summed E-state index contributed by atoms with van der Waals surface area (Å²) in [4.78, 5) is 12.8. The smallest absolute Gasteiger partial charge is 0.292 e. The number of benzene rings is 1. The van der Waals surface area contributed by atoms with Crippen LogP contribution in [0.3, 0.4) is 0 Å². The van der Waals surface area contributed by atoms with E-state index in [4.69, 9.17) is 0 Å². The topological polar surface area (TPSA) is 46.4 Å². The highest BCUT2D eigenvalue weighted by molar-refractivity contribution is 9.10. The lowest BCUT2D eigenvalue weighted by atomic mass is 9.93. The number of nitro benzene ring substituents is 1. The number of nitro groups is 1. The molecule has 1 saturated heterocycles. The molecule has 0 amide bonds. The van der Waals surface area contributed by atoms with E-state index >= 15 is 0 Å². The molecule has 2 rings (SSSR count). The zero-order valence-corrected chi connectivity index (χ0v) is 11.5. The van der Waals surface area contributed by atoms with E-state index in [1.54, 1.807) is 12.1 Å². The maximum atomic E-state index is 11.0. The minimum Gasteiger partial charge on any atom is -0.365 e. The zero-order valence-electron chi connectivity index (χ0n) is 9.94. The Morgan fingerprint density at radius 3 is 2.71 bits per heavy atom. The van der Waals surface area contributed by atoms with Gasteiger partial charge in [0.05, 0.1) is 4.92 Å². The highest BCUT2D eigenvalue weighted by Crippen LogP contribution is 2.38. The number of hydrogen-bond donors (Lipinski definition) is 0. The molecule has 0 radical (unpaired) electrons. The third-order valence-corrected chi connectivity index (χ3v) is 3.65. The van der Waals surface area contributed by atoms with Gasteiger partial charge < -0.3 is 4.90 Å². The predicted octanol–water partition coefficient (Wildman–Crippen LogP) is 3.59. The average molecular weight is 299 g/mol. The maximum Gasteiger partial charge on any atom is 0.292 e. The molecule has 1 aliphatic rings. The summed E-state index contributed by atoms with van der Waals surface area (Å²) in [7, 11) is 0. The fourth-order valence-electron chi connectivity index (χ4n) is 2.22. The number of halogens is 1. The van der Waals surface area contributed by atoms with Gasteiger partial charge in [-0.25, -0.2) is 0 Å².